The minimum atomic E-state index is -0.00441. The molecule has 2 aromatic rings. The first kappa shape index (κ1) is 18.1. The summed E-state index contributed by atoms with van der Waals surface area (Å²) in [5.41, 5.74) is 0.585. The average Bonchev–Trinajstić information content (AvgIpc) is 2.95. The van der Waals surface area contributed by atoms with Crippen LogP contribution in [-0.2, 0) is 0 Å². The second kappa shape index (κ2) is 9.10. The van der Waals surface area contributed by atoms with Crippen molar-refractivity contribution in [3.63, 3.8) is 0 Å². The maximum Gasteiger partial charge on any atom is 0.255 e. The SMILES string of the molecule is O=C(c1ccc(NCCCO)nc1)N1CCCN(c2ncccn2)CC1. The van der Waals surface area contributed by atoms with Gasteiger partial charge in [0.1, 0.15) is 5.82 Å². The van der Waals surface area contributed by atoms with E-state index in [0.717, 1.165) is 13.0 Å². The third-order valence-corrected chi connectivity index (χ3v) is 4.27. The smallest absolute Gasteiger partial charge is 0.255 e. The summed E-state index contributed by atoms with van der Waals surface area (Å²) in [5.74, 6) is 1.41. The molecule has 0 bridgehead atoms. The Morgan fingerprint density at radius 1 is 1.12 bits per heavy atom. The van der Waals surface area contributed by atoms with Gasteiger partial charge in [0.15, 0.2) is 0 Å². The molecule has 1 aliphatic heterocycles. The number of aromatic nitrogens is 3. The summed E-state index contributed by atoms with van der Waals surface area (Å²) in [6.07, 6.45) is 6.61. The van der Waals surface area contributed by atoms with E-state index in [1.165, 1.54) is 0 Å². The molecular formula is C18H24N6O2. The Labute approximate surface area is 152 Å². The maximum absolute atomic E-state index is 12.8. The molecule has 0 saturated carbocycles. The highest BCUT2D eigenvalue weighted by atomic mass is 16.3. The van der Waals surface area contributed by atoms with Crippen molar-refractivity contribution in [2.45, 2.75) is 12.8 Å². The van der Waals surface area contributed by atoms with Crippen LogP contribution in [0.4, 0.5) is 11.8 Å². The van der Waals surface area contributed by atoms with Crippen LogP contribution in [0.2, 0.25) is 0 Å². The van der Waals surface area contributed by atoms with Crippen LogP contribution in [0.3, 0.4) is 0 Å². The number of hydrogen-bond donors (Lipinski definition) is 2. The monoisotopic (exact) mass is 356 g/mol. The lowest BCUT2D eigenvalue weighted by Gasteiger charge is -2.22. The van der Waals surface area contributed by atoms with Gasteiger partial charge in [0.2, 0.25) is 5.95 Å². The first-order chi connectivity index (χ1) is 12.8. The van der Waals surface area contributed by atoms with Crippen molar-refractivity contribution in [3.8, 4) is 0 Å². The minimum Gasteiger partial charge on any atom is -0.396 e. The Morgan fingerprint density at radius 2 is 1.96 bits per heavy atom. The van der Waals surface area contributed by atoms with Gasteiger partial charge in [-0.15, -0.1) is 0 Å². The molecule has 1 saturated heterocycles. The molecule has 1 amide bonds. The lowest BCUT2D eigenvalue weighted by atomic mass is 10.2. The molecule has 1 fully saturated rings. The van der Waals surface area contributed by atoms with Crippen molar-refractivity contribution in [3.05, 3.63) is 42.4 Å². The molecule has 0 atom stereocenters. The number of nitrogens with zero attached hydrogens (tertiary/aromatic N) is 5. The van der Waals surface area contributed by atoms with Gasteiger partial charge in [-0.05, 0) is 31.0 Å². The van der Waals surface area contributed by atoms with E-state index in [-0.39, 0.29) is 12.5 Å². The number of aliphatic hydroxyl groups is 1. The van der Waals surface area contributed by atoms with Gasteiger partial charge in [0, 0.05) is 57.9 Å². The Balaban J connectivity index is 1.58. The Kier molecular flexibility index (Phi) is 6.32. The van der Waals surface area contributed by atoms with Gasteiger partial charge in [0.25, 0.3) is 5.91 Å². The highest BCUT2D eigenvalue weighted by Crippen LogP contribution is 2.13. The van der Waals surface area contributed by atoms with Gasteiger partial charge in [-0.25, -0.2) is 15.0 Å². The Hall–Kier alpha value is -2.74. The van der Waals surface area contributed by atoms with Gasteiger partial charge in [-0.1, -0.05) is 0 Å². The number of rotatable bonds is 6. The van der Waals surface area contributed by atoms with Crippen molar-refractivity contribution in [2.75, 3.05) is 49.5 Å². The molecule has 8 nitrogen and oxygen atoms in total. The van der Waals surface area contributed by atoms with Crippen molar-refractivity contribution in [1.29, 1.82) is 0 Å². The van der Waals surface area contributed by atoms with Crippen molar-refractivity contribution >= 4 is 17.7 Å². The second-order valence-corrected chi connectivity index (χ2v) is 6.12. The van der Waals surface area contributed by atoms with Crippen LogP contribution >= 0.6 is 0 Å². The molecule has 0 unspecified atom stereocenters. The fourth-order valence-corrected chi connectivity index (χ4v) is 2.88. The topological polar surface area (TPSA) is 94.5 Å². The molecule has 0 spiro atoms. The minimum absolute atomic E-state index is 0.00441. The van der Waals surface area contributed by atoms with E-state index < -0.39 is 0 Å². The van der Waals surface area contributed by atoms with Gasteiger partial charge in [0.05, 0.1) is 5.56 Å². The number of nitrogens with one attached hydrogen (secondary N) is 1. The fourth-order valence-electron chi connectivity index (χ4n) is 2.88. The van der Waals surface area contributed by atoms with Crippen LogP contribution in [0.15, 0.2) is 36.8 Å². The zero-order chi connectivity index (χ0) is 18.2. The molecule has 3 rings (SSSR count). The van der Waals surface area contributed by atoms with E-state index in [9.17, 15) is 4.79 Å². The van der Waals surface area contributed by atoms with Gasteiger partial charge >= 0.3 is 0 Å². The molecule has 26 heavy (non-hydrogen) atoms. The van der Waals surface area contributed by atoms with E-state index in [1.807, 2.05) is 4.90 Å². The third-order valence-electron chi connectivity index (χ3n) is 4.27. The van der Waals surface area contributed by atoms with Crippen LogP contribution in [0, 0.1) is 0 Å². The van der Waals surface area contributed by atoms with E-state index in [4.69, 9.17) is 5.11 Å². The van der Waals surface area contributed by atoms with Crippen molar-refractivity contribution in [1.82, 2.24) is 19.9 Å². The number of aliphatic hydroxyl groups excluding tert-OH is 1. The van der Waals surface area contributed by atoms with Gasteiger partial charge in [-0.2, -0.15) is 0 Å². The molecule has 0 aliphatic carbocycles. The Morgan fingerprint density at radius 3 is 2.69 bits per heavy atom. The molecule has 0 radical (unpaired) electrons. The summed E-state index contributed by atoms with van der Waals surface area (Å²) in [5, 5.41) is 11.9. The van der Waals surface area contributed by atoms with E-state index in [2.05, 4.69) is 25.2 Å². The first-order valence-electron chi connectivity index (χ1n) is 8.90. The average molecular weight is 356 g/mol. The number of amides is 1. The molecule has 0 aromatic carbocycles. The molecule has 3 heterocycles. The quantitative estimate of drug-likeness (QED) is 0.746. The molecule has 8 heteroatoms. The van der Waals surface area contributed by atoms with E-state index in [0.29, 0.717) is 49.9 Å². The van der Waals surface area contributed by atoms with Crippen LogP contribution in [0.5, 0.6) is 0 Å². The molecule has 2 N–H and O–H groups in total. The van der Waals surface area contributed by atoms with Crippen LogP contribution in [0.25, 0.3) is 0 Å². The lowest BCUT2D eigenvalue weighted by Crippen LogP contribution is -2.35. The summed E-state index contributed by atoms with van der Waals surface area (Å²) in [6.45, 7) is 3.68. The standard InChI is InChI=1S/C18H24N6O2/c25-13-2-8-19-16-5-4-15(14-22-16)17(26)23-9-3-10-24(12-11-23)18-20-6-1-7-21-18/h1,4-7,14,25H,2-3,8-13H2,(H,19,22). The summed E-state index contributed by atoms with van der Waals surface area (Å²) in [7, 11) is 0. The van der Waals surface area contributed by atoms with Gasteiger partial charge < -0.3 is 20.2 Å². The van der Waals surface area contributed by atoms with Crippen molar-refractivity contribution < 1.29 is 9.90 Å². The second-order valence-electron chi connectivity index (χ2n) is 6.12. The molecule has 1 aliphatic rings. The third kappa shape index (κ3) is 4.66. The van der Waals surface area contributed by atoms with Crippen LogP contribution in [-0.4, -0.2) is 70.2 Å². The van der Waals surface area contributed by atoms with E-state index in [1.54, 1.807) is 36.8 Å². The molecular weight excluding hydrogens is 332 g/mol. The van der Waals surface area contributed by atoms with Crippen molar-refractivity contribution in [2.24, 2.45) is 0 Å². The Bertz CT molecular complexity index is 695. The zero-order valence-electron chi connectivity index (χ0n) is 14.7. The molecule has 2 aromatic heterocycles. The summed E-state index contributed by atoms with van der Waals surface area (Å²) in [6, 6.07) is 5.39. The lowest BCUT2D eigenvalue weighted by molar-refractivity contribution is 0.0766. The number of carbonyl (C=O) groups is 1. The maximum atomic E-state index is 12.8. The highest BCUT2D eigenvalue weighted by Gasteiger charge is 2.21. The normalized spacial score (nSPS) is 14.8. The number of carbonyl (C=O) groups excluding carboxylic acids is 1. The number of pyridine rings is 1. The molecule has 138 valence electrons. The first-order valence-corrected chi connectivity index (χ1v) is 8.90. The number of hydrogen-bond acceptors (Lipinski definition) is 7. The van der Waals surface area contributed by atoms with Crippen LogP contribution < -0.4 is 10.2 Å². The summed E-state index contributed by atoms with van der Waals surface area (Å²) < 4.78 is 0. The largest absolute Gasteiger partial charge is 0.396 e. The predicted molar refractivity (Wildman–Crippen MR) is 99.2 cm³/mol. The summed E-state index contributed by atoms with van der Waals surface area (Å²) in [4.78, 5) is 29.6. The zero-order valence-corrected chi connectivity index (χ0v) is 14.7. The summed E-state index contributed by atoms with van der Waals surface area (Å²) >= 11 is 0. The fraction of sp³-hybridized carbons (Fsp3) is 0.444. The van der Waals surface area contributed by atoms with Gasteiger partial charge in [-0.3, -0.25) is 4.79 Å². The highest BCUT2D eigenvalue weighted by molar-refractivity contribution is 5.94. The van der Waals surface area contributed by atoms with Crippen LogP contribution in [0.1, 0.15) is 23.2 Å². The predicted octanol–water partition coefficient (Wildman–Crippen LogP) is 1.02. The number of anilines is 2. The van der Waals surface area contributed by atoms with E-state index >= 15 is 0 Å².